The first-order chi connectivity index (χ1) is 8.01. The lowest BCUT2D eigenvalue weighted by atomic mass is 10.2. The molecule has 1 atom stereocenters. The van der Waals surface area contributed by atoms with Crippen LogP contribution in [0.4, 0.5) is 5.69 Å². The van der Waals surface area contributed by atoms with Gasteiger partial charge >= 0.3 is 0 Å². The van der Waals surface area contributed by atoms with Crippen molar-refractivity contribution < 1.29 is 13.2 Å². The highest BCUT2D eigenvalue weighted by atomic mass is 79.9. The summed E-state index contributed by atoms with van der Waals surface area (Å²) in [6.45, 7) is 0.902. The van der Waals surface area contributed by atoms with Crippen LogP contribution < -0.4 is 5.73 Å². The molecule has 1 aliphatic rings. The quantitative estimate of drug-likeness (QED) is 0.846. The van der Waals surface area contributed by atoms with Crippen molar-refractivity contribution in [3.63, 3.8) is 0 Å². The number of hydrogen-bond acceptors (Lipinski definition) is 4. The zero-order valence-electron chi connectivity index (χ0n) is 9.23. The van der Waals surface area contributed by atoms with E-state index in [9.17, 15) is 8.42 Å². The maximum absolute atomic E-state index is 12.3. The maximum Gasteiger partial charge on any atom is 0.185 e. The number of ether oxygens (including phenoxy) is 1. The standard InChI is InChI=1S/C11H14BrNO3S/c12-8-3-4-11(10(13)6-8)17(14,15)9-2-1-5-16-7-9/h3-4,6,9H,1-2,5,7,13H2. The van der Waals surface area contributed by atoms with E-state index in [1.54, 1.807) is 18.2 Å². The highest BCUT2D eigenvalue weighted by Crippen LogP contribution is 2.28. The molecule has 2 N–H and O–H groups in total. The van der Waals surface area contributed by atoms with E-state index in [2.05, 4.69) is 15.9 Å². The fourth-order valence-electron chi connectivity index (χ4n) is 1.91. The molecule has 17 heavy (non-hydrogen) atoms. The largest absolute Gasteiger partial charge is 0.398 e. The Labute approximate surface area is 109 Å². The molecule has 0 aromatic heterocycles. The second kappa shape index (κ2) is 4.96. The smallest absolute Gasteiger partial charge is 0.185 e. The SMILES string of the molecule is Nc1cc(Br)ccc1S(=O)(=O)C1CCCOC1. The lowest BCUT2D eigenvalue weighted by Gasteiger charge is -2.22. The monoisotopic (exact) mass is 319 g/mol. The van der Waals surface area contributed by atoms with E-state index in [1.165, 1.54) is 0 Å². The summed E-state index contributed by atoms with van der Waals surface area (Å²) in [5, 5.41) is -0.472. The third kappa shape index (κ3) is 2.64. The molecular formula is C11H14BrNO3S. The van der Waals surface area contributed by atoms with E-state index >= 15 is 0 Å². The van der Waals surface area contributed by atoms with Gasteiger partial charge in [0.05, 0.1) is 22.4 Å². The van der Waals surface area contributed by atoms with Crippen LogP contribution in [0.3, 0.4) is 0 Å². The topological polar surface area (TPSA) is 69.4 Å². The fraction of sp³-hybridized carbons (Fsp3) is 0.455. The molecular weight excluding hydrogens is 306 g/mol. The second-order valence-electron chi connectivity index (χ2n) is 4.07. The van der Waals surface area contributed by atoms with Crippen LogP contribution in [0, 0.1) is 0 Å². The average Bonchev–Trinajstić information content (AvgIpc) is 2.29. The van der Waals surface area contributed by atoms with Crippen LogP contribution >= 0.6 is 15.9 Å². The molecule has 1 saturated heterocycles. The van der Waals surface area contributed by atoms with Crippen molar-refractivity contribution >= 4 is 31.5 Å². The Morgan fingerprint density at radius 2 is 2.18 bits per heavy atom. The first kappa shape index (κ1) is 12.9. The second-order valence-corrected chi connectivity index (χ2v) is 7.18. The van der Waals surface area contributed by atoms with E-state index in [-0.39, 0.29) is 17.2 Å². The molecule has 0 radical (unpaired) electrons. The molecule has 1 aromatic rings. The van der Waals surface area contributed by atoms with E-state index in [0.717, 1.165) is 10.9 Å². The Kier molecular flexibility index (Phi) is 3.75. The van der Waals surface area contributed by atoms with Gasteiger partial charge in [0, 0.05) is 11.1 Å². The van der Waals surface area contributed by atoms with Crippen molar-refractivity contribution in [3.05, 3.63) is 22.7 Å². The van der Waals surface area contributed by atoms with Crippen LogP contribution in [0.1, 0.15) is 12.8 Å². The number of hydrogen-bond donors (Lipinski definition) is 1. The molecule has 4 nitrogen and oxygen atoms in total. The van der Waals surface area contributed by atoms with Crippen molar-refractivity contribution in [3.8, 4) is 0 Å². The van der Waals surface area contributed by atoms with Crippen LogP contribution in [0.5, 0.6) is 0 Å². The number of anilines is 1. The normalized spacial score (nSPS) is 21.4. The summed E-state index contributed by atoms with van der Waals surface area (Å²) in [7, 11) is -3.38. The number of nitrogen functional groups attached to an aromatic ring is 1. The maximum atomic E-state index is 12.3. The van der Waals surface area contributed by atoms with E-state index in [0.29, 0.717) is 13.0 Å². The molecule has 0 aliphatic carbocycles. The van der Waals surface area contributed by atoms with Crippen molar-refractivity contribution in [2.75, 3.05) is 18.9 Å². The molecule has 0 spiro atoms. The van der Waals surface area contributed by atoms with Gasteiger partial charge in [0.25, 0.3) is 0 Å². The molecule has 1 heterocycles. The highest BCUT2D eigenvalue weighted by molar-refractivity contribution is 9.10. The summed E-state index contributed by atoms with van der Waals surface area (Å²) in [6.07, 6.45) is 1.41. The van der Waals surface area contributed by atoms with Crippen LogP contribution in [0.25, 0.3) is 0 Å². The zero-order valence-corrected chi connectivity index (χ0v) is 11.6. The van der Waals surface area contributed by atoms with Gasteiger partial charge in [-0.25, -0.2) is 8.42 Å². The predicted octanol–water partition coefficient (Wildman–Crippen LogP) is 1.98. The van der Waals surface area contributed by atoms with Crippen LogP contribution in [-0.4, -0.2) is 26.9 Å². The molecule has 1 aliphatic heterocycles. The van der Waals surface area contributed by atoms with Crippen LogP contribution in [-0.2, 0) is 14.6 Å². The summed E-state index contributed by atoms with van der Waals surface area (Å²) in [5.74, 6) is 0. The van der Waals surface area contributed by atoms with Crippen molar-refractivity contribution in [1.82, 2.24) is 0 Å². The minimum Gasteiger partial charge on any atom is -0.398 e. The Morgan fingerprint density at radius 1 is 1.41 bits per heavy atom. The van der Waals surface area contributed by atoms with Gasteiger partial charge in [-0.3, -0.25) is 0 Å². The molecule has 1 unspecified atom stereocenters. The lowest BCUT2D eigenvalue weighted by molar-refractivity contribution is 0.0991. The summed E-state index contributed by atoms with van der Waals surface area (Å²) in [4.78, 5) is 0.205. The fourth-order valence-corrected chi connectivity index (χ4v) is 4.05. The number of sulfone groups is 1. The Hall–Kier alpha value is -0.590. The van der Waals surface area contributed by atoms with E-state index in [1.807, 2.05) is 0 Å². The summed E-state index contributed by atoms with van der Waals surface area (Å²) < 4.78 is 30.7. The van der Waals surface area contributed by atoms with Crippen molar-refractivity contribution in [1.29, 1.82) is 0 Å². The van der Waals surface area contributed by atoms with Crippen LogP contribution in [0.2, 0.25) is 0 Å². The summed E-state index contributed by atoms with van der Waals surface area (Å²) >= 11 is 3.26. The molecule has 1 aromatic carbocycles. The Morgan fingerprint density at radius 3 is 2.76 bits per heavy atom. The van der Waals surface area contributed by atoms with Gasteiger partial charge in [-0.05, 0) is 31.0 Å². The summed E-state index contributed by atoms with van der Waals surface area (Å²) in [6, 6.07) is 4.84. The third-order valence-corrected chi connectivity index (χ3v) is 5.56. The van der Waals surface area contributed by atoms with Crippen LogP contribution in [0.15, 0.2) is 27.6 Å². The molecule has 0 saturated carbocycles. The van der Waals surface area contributed by atoms with E-state index < -0.39 is 15.1 Å². The Balaban J connectivity index is 2.37. The average molecular weight is 320 g/mol. The van der Waals surface area contributed by atoms with Gasteiger partial charge in [0.15, 0.2) is 9.84 Å². The zero-order chi connectivity index (χ0) is 12.5. The summed E-state index contributed by atoms with van der Waals surface area (Å²) in [5.41, 5.74) is 6.05. The van der Waals surface area contributed by atoms with Crippen molar-refractivity contribution in [2.45, 2.75) is 23.0 Å². The van der Waals surface area contributed by atoms with Gasteiger partial charge in [0.1, 0.15) is 0 Å². The first-order valence-electron chi connectivity index (χ1n) is 5.38. The van der Waals surface area contributed by atoms with Gasteiger partial charge < -0.3 is 10.5 Å². The van der Waals surface area contributed by atoms with Gasteiger partial charge in [0.2, 0.25) is 0 Å². The molecule has 2 rings (SSSR count). The number of nitrogens with two attached hydrogens (primary N) is 1. The van der Waals surface area contributed by atoms with Gasteiger partial charge in [-0.15, -0.1) is 0 Å². The third-order valence-electron chi connectivity index (χ3n) is 2.84. The number of halogens is 1. The van der Waals surface area contributed by atoms with Gasteiger partial charge in [-0.2, -0.15) is 0 Å². The predicted molar refractivity (Wildman–Crippen MR) is 69.6 cm³/mol. The first-order valence-corrected chi connectivity index (χ1v) is 7.72. The number of benzene rings is 1. The number of rotatable bonds is 2. The minimum absolute atomic E-state index is 0.205. The van der Waals surface area contributed by atoms with Crippen molar-refractivity contribution in [2.24, 2.45) is 0 Å². The molecule has 1 fully saturated rings. The Bertz CT molecular complexity index is 509. The van der Waals surface area contributed by atoms with E-state index in [4.69, 9.17) is 10.5 Å². The highest BCUT2D eigenvalue weighted by Gasteiger charge is 2.30. The minimum atomic E-state index is -3.38. The molecule has 0 amide bonds. The lowest BCUT2D eigenvalue weighted by Crippen LogP contribution is -2.31. The van der Waals surface area contributed by atoms with Gasteiger partial charge in [-0.1, -0.05) is 15.9 Å². The molecule has 0 bridgehead atoms. The molecule has 6 heteroatoms. The molecule has 94 valence electrons.